The molecule has 0 saturated heterocycles. The third-order valence-corrected chi connectivity index (χ3v) is 4.18. The minimum atomic E-state index is 0.580. The molecule has 1 aliphatic carbocycles. The van der Waals surface area contributed by atoms with Crippen LogP contribution in [0, 0.1) is 12.8 Å². The van der Waals surface area contributed by atoms with Gasteiger partial charge in [0.15, 0.2) is 0 Å². The molecule has 1 aromatic carbocycles. The summed E-state index contributed by atoms with van der Waals surface area (Å²) in [7, 11) is 0. The van der Waals surface area contributed by atoms with Crippen LogP contribution in [-0.4, -0.2) is 0 Å². The Labute approximate surface area is 106 Å². The van der Waals surface area contributed by atoms with E-state index in [0.29, 0.717) is 5.92 Å². The van der Waals surface area contributed by atoms with Crippen molar-refractivity contribution in [1.82, 2.24) is 0 Å². The van der Waals surface area contributed by atoms with Crippen LogP contribution in [0.15, 0.2) is 36.4 Å². The molecule has 1 aliphatic rings. The zero-order valence-corrected chi connectivity index (χ0v) is 11.2. The third kappa shape index (κ3) is 2.80. The zero-order chi connectivity index (χ0) is 12.3. The molecule has 0 heterocycles. The molecule has 0 spiro atoms. The first-order chi connectivity index (χ1) is 8.20. The van der Waals surface area contributed by atoms with Gasteiger partial charge in [-0.3, -0.25) is 0 Å². The van der Waals surface area contributed by atoms with E-state index in [1.807, 2.05) is 0 Å². The first-order valence-electron chi connectivity index (χ1n) is 6.91. The van der Waals surface area contributed by atoms with Crippen LogP contribution < -0.4 is 0 Å². The van der Waals surface area contributed by atoms with E-state index in [9.17, 15) is 0 Å². The van der Waals surface area contributed by atoms with Crippen molar-refractivity contribution in [2.45, 2.75) is 51.9 Å². The van der Waals surface area contributed by atoms with Crippen LogP contribution in [0.4, 0.5) is 0 Å². The van der Waals surface area contributed by atoms with Crippen LogP contribution in [0.1, 0.15) is 56.1 Å². The molecule has 0 bridgehead atoms. The lowest BCUT2D eigenvalue weighted by molar-refractivity contribution is 0.324. The van der Waals surface area contributed by atoms with Crippen molar-refractivity contribution in [3.05, 3.63) is 47.5 Å². The molecule has 0 nitrogen and oxygen atoms in total. The van der Waals surface area contributed by atoms with Gasteiger partial charge in [0.1, 0.15) is 0 Å². The lowest BCUT2D eigenvalue weighted by atomic mass is 9.73. The molecule has 0 amide bonds. The van der Waals surface area contributed by atoms with Gasteiger partial charge in [-0.2, -0.15) is 0 Å². The van der Waals surface area contributed by atoms with Gasteiger partial charge in [-0.15, -0.1) is 0 Å². The number of benzene rings is 1. The molecule has 17 heavy (non-hydrogen) atoms. The van der Waals surface area contributed by atoms with Gasteiger partial charge >= 0.3 is 0 Å². The molecule has 0 aromatic heterocycles. The molecular formula is C17H24. The number of aryl methyl sites for hydroxylation is 1. The maximum absolute atomic E-state index is 4.25. The van der Waals surface area contributed by atoms with E-state index >= 15 is 0 Å². The van der Waals surface area contributed by atoms with Gasteiger partial charge in [0.05, 0.1) is 0 Å². The lowest BCUT2D eigenvalue weighted by Crippen LogP contribution is -2.18. The monoisotopic (exact) mass is 228 g/mol. The highest BCUT2D eigenvalue weighted by atomic mass is 14.3. The van der Waals surface area contributed by atoms with Crippen molar-refractivity contribution >= 4 is 0 Å². The molecule has 1 saturated carbocycles. The standard InChI is InChI=1S/C17H24/c1-13(2)17(15-10-5-4-6-11-15)16-12-8-7-9-14(16)3/h7-9,12,15,17H,1,4-6,10-11H2,2-3H3. The maximum atomic E-state index is 4.25. The Morgan fingerprint density at radius 3 is 2.41 bits per heavy atom. The Bertz CT molecular complexity index is 383. The minimum Gasteiger partial charge on any atom is -0.0995 e. The van der Waals surface area contributed by atoms with Gasteiger partial charge in [-0.25, -0.2) is 0 Å². The number of allylic oxidation sites excluding steroid dienone is 1. The average molecular weight is 228 g/mol. The molecule has 1 atom stereocenters. The quantitative estimate of drug-likeness (QED) is 0.621. The Morgan fingerprint density at radius 1 is 1.18 bits per heavy atom. The fourth-order valence-electron chi connectivity index (χ4n) is 3.32. The third-order valence-electron chi connectivity index (χ3n) is 4.18. The molecule has 2 rings (SSSR count). The summed E-state index contributed by atoms with van der Waals surface area (Å²) in [5.74, 6) is 1.40. The summed E-state index contributed by atoms with van der Waals surface area (Å²) in [4.78, 5) is 0. The van der Waals surface area contributed by atoms with E-state index < -0.39 is 0 Å². The van der Waals surface area contributed by atoms with Gasteiger partial charge < -0.3 is 0 Å². The largest absolute Gasteiger partial charge is 0.0995 e. The Hall–Kier alpha value is -1.04. The minimum absolute atomic E-state index is 0.580. The zero-order valence-electron chi connectivity index (χ0n) is 11.2. The SMILES string of the molecule is C=C(C)C(c1ccccc1C)C1CCCCC1. The van der Waals surface area contributed by atoms with Crippen molar-refractivity contribution < 1.29 is 0 Å². The normalized spacial score (nSPS) is 18.9. The Kier molecular flexibility index (Phi) is 4.04. The predicted octanol–water partition coefficient (Wildman–Crippen LogP) is 5.24. The van der Waals surface area contributed by atoms with Gasteiger partial charge in [0, 0.05) is 5.92 Å². The molecular weight excluding hydrogens is 204 g/mol. The van der Waals surface area contributed by atoms with E-state index in [1.165, 1.54) is 48.8 Å². The van der Waals surface area contributed by atoms with Crippen LogP contribution in [0.25, 0.3) is 0 Å². The molecule has 0 radical (unpaired) electrons. The van der Waals surface area contributed by atoms with Crippen molar-refractivity contribution in [3.8, 4) is 0 Å². The Morgan fingerprint density at radius 2 is 1.82 bits per heavy atom. The molecule has 0 N–H and O–H groups in total. The average Bonchev–Trinajstić information content (AvgIpc) is 2.33. The van der Waals surface area contributed by atoms with Gasteiger partial charge in [0.2, 0.25) is 0 Å². The van der Waals surface area contributed by atoms with Crippen molar-refractivity contribution in [2.24, 2.45) is 5.92 Å². The molecule has 1 fully saturated rings. The molecule has 1 unspecified atom stereocenters. The lowest BCUT2D eigenvalue weighted by Gasteiger charge is -2.32. The molecule has 0 aliphatic heterocycles. The topological polar surface area (TPSA) is 0 Å². The summed E-state index contributed by atoms with van der Waals surface area (Å²) in [5, 5.41) is 0. The predicted molar refractivity (Wildman–Crippen MR) is 75.3 cm³/mol. The summed E-state index contributed by atoms with van der Waals surface area (Å²) in [6, 6.07) is 8.83. The Balaban J connectivity index is 2.28. The molecule has 1 aromatic rings. The first-order valence-corrected chi connectivity index (χ1v) is 6.91. The summed E-state index contributed by atoms with van der Waals surface area (Å²) in [6.45, 7) is 8.68. The summed E-state index contributed by atoms with van der Waals surface area (Å²) in [5.41, 5.74) is 4.27. The second-order valence-corrected chi connectivity index (χ2v) is 5.58. The number of hydrogen-bond acceptors (Lipinski definition) is 0. The van der Waals surface area contributed by atoms with Gasteiger partial charge in [-0.1, -0.05) is 55.7 Å². The van der Waals surface area contributed by atoms with Crippen LogP contribution in [0.2, 0.25) is 0 Å². The van der Waals surface area contributed by atoms with Crippen LogP contribution in [0.3, 0.4) is 0 Å². The fraction of sp³-hybridized carbons (Fsp3) is 0.529. The highest BCUT2D eigenvalue weighted by Gasteiger charge is 2.26. The van der Waals surface area contributed by atoms with Crippen LogP contribution in [0.5, 0.6) is 0 Å². The second-order valence-electron chi connectivity index (χ2n) is 5.58. The van der Waals surface area contributed by atoms with E-state index in [0.717, 1.165) is 5.92 Å². The van der Waals surface area contributed by atoms with E-state index in [2.05, 4.69) is 44.7 Å². The summed E-state index contributed by atoms with van der Waals surface area (Å²) in [6.07, 6.45) is 6.99. The van der Waals surface area contributed by atoms with E-state index in [1.54, 1.807) is 0 Å². The van der Waals surface area contributed by atoms with Crippen molar-refractivity contribution in [2.75, 3.05) is 0 Å². The van der Waals surface area contributed by atoms with Crippen LogP contribution in [-0.2, 0) is 0 Å². The number of hydrogen-bond donors (Lipinski definition) is 0. The fourth-order valence-corrected chi connectivity index (χ4v) is 3.32. The summed E-state index contributed by atoms with van der Waals surface area (Å²) >= 11 is 0. The number of rotatable bonds is 3. The highest BCUT2D eigenvalue weighted by molar-refractivity contribution is 5.34. The van der Waals surface area contributed by atoms with Gasteiger partial charge in [0.25, 0.3) is 0 Å². The van der Waals surface area contributed by atoms with Gasteiger partial charge in [-0.05, 0) is 43.7 Å². The van der Waals surface area contributed by atoms with E-state index in [4.69, 9.17) is 0 Å². The highest BCUT2D eigenvalue weighted by Crippen LogP contribution is 2.40. The van der Waals surface area contributed by atoms with Crippen LogP contribution >= 0.6 is 0 Å². The smallest absolute Gasteiger partial charge is 0.00736 e. The molecule has 0 heteroatoms. The maximum Gasteiger partial charge on any atom is 0.00736 e. The first kappa shape index (κ1) is 12.4. The van der Waals surface area contributed by atoms with Crippen molar-refractivity contribution in [1.29, 1.82) is 0 Å². The van der Waals surface area contributed by atoms with E-state index in [-0.39, 0.29) is 0 Å². The molecule has 92 valence electrons. The second kappa shape index (κ2) is 5.53. The summed E-state index contributed by atoms with van der Waals surface area (Å²) < 4.78 is 0. The van der Waals surface area contributed by atoms with Crippen molar-refractivity contribution in [3.63, 3.8) is 0 Å².